The lowest BCUT2D eigenvalue weighted by Crippen LogP contribution is -2.46. The van der Waals surface area contributed by atoms with Crippen LogP contribution in [0.2, 0.25) is 0 Å². The van der Waals surface area contributed by atoms with Crippen LogP contribution in [-0.2, 0) is 9.53 Å². The highest BCUT2D eigenvalue weighted by Gasteiger charge is 2.28. The largest absolute Gasteiger partial charge is 0.465 e. The van der Waals surface area contributed by atoms with E-state index in [9.17, 15) is 4.79 Å². The molecular formula is C14H26N2O2. The van der Waals surface area contributed by atoms with Gasteiger partial charge in [0.05, 0.1) is 6.61 Å². The van der Waals surface area contributed by atoms with Crippen molar-refractivity contribution in [3.05, 3.63) is 12.2 Å². The maximum Gasteiger partial charge on any atom is 0.323 e. The molecule has 0 aromatic heterocycles. The van der Waals surface area contributed by atoms with Crippen molar-refractivity contribution < 1.29 is 9.53 Å². The van der Waals surface area contributed by atoms with Crippen LogP contribution in [0, 0.1) is 5.92 Å². The second kappa shape index (κ2) is 8.27. The Balaban J connectivity index is 2.50. The van der Waals surface area contributed by atoms with E-state index in [1.165, 1.54) is 0 Å². The van der Waals surface area contributed by atoms with E-state index in [0.29, 0.717) is 12.5 Å². The van der Waals surface area contributed by atoms with Gasteiger partial charge >= 0.3 is 5.97 Å². The van der Waals surface area contributed by atoms with Gasteiger partial charge in [0.25, 0.3) is 0 Å². The molecule has 0 bridgehead atoms. The fraction of sp³-hybridized carbons (Fsp3) is 0.786. The molecule has 0 aromatic carbocycles. The number of carbonyl (C=O) groups excluding carboxylic acids is 1. The van der Waals surface area contributed by atoms with E-state index in [1.54, 1.807) is 0 Å². The van der Waals surface area contributed by atoms with Crippen molar-refractivity contribution >= 4 is 5.97 Å². The quantitative estimate of drug-likeness (QED) is 0.551. The number of rotatable bonds is 7. The summed E-state index contributed by atoms with van der Waals surface area (Å²) in [5, 5.41) is 3.36. The lowest BCUT2D eigenvalue weighted by molar-refractivity contribution is -0.147. The Labute approximate surface area is 110 Å². The smallest absolute Gasteiger partial charge is 0.323 e. The third kappa shape index (κ3) is 5.19. The van der Waals surface area contributed by atoms with Gasteiger partial charge in [-0.1, -0.05) is 12.2 Å². The molecule has 2 atom stereocenters. The maximum absolute atomic E-state index is 12.0. The lowest BCUT2D eigenvalue weighted by Gasteiger charge is -2.27. The summed E-state index contributed by atoms with van der Waals surface area (Å²) in [4.78, 5) is 14.1. The first-order valence-corrected chi connectivity index (χ1v) is 6.85. The van der Waals surface area contributed by atoms with Gasteiger partial charge in [-0.25, -0.2) is 0 Å². The predicted octanol–water partition coefficient (Wildman–Crippen LogP) is 1.43. The average Bonchev–Trinajstić information content (AvgIpc) is 2.35. The van der Waals surface area contributed by atoms with E-state index in [4.69, 9.17) is 4.74 Å². The first-order chi connectivity index (χ1) is 8.65. The molecule has 0 spiro atoms. The fourth-order valence-corrected chi connectivity index (χ4v) is 2.24. The van der Waals surface area contributed by atoms with Crippen LogP contribution in [0.5, 0.6) is 0 Å². The molecule has 18 heavy (non-hydrogen) atoms. The molecule has 1 rings (SSSR count). The topological polar surface area (TPSA) is 41.6 Å². The highest BCUT2D eigenvalue weighted by molar-refractivity contribution is 5.76. The van der Waals surface area contributed by atoms with Gasteiger partial charge in [-0.15, -0.1) is 0 Å². The molecule has 0 radical (unpaired) electrons. The summed E-state index contributed by atoms with van der Waals surface area (Å²) in [7, 11) is 4.06. The molecule has 4 nitrogen and oxygen atoms in total. The van der Waals surface area contributed by atoms with E-state index < -0.39 is 0 Å². The van der Waals surface area contributed by atoms with E-state index in [1.807, 2.05) is 21.0 Å². The molecule has 1 aliphatic carbocycles. The Hall–Kier alpha value is -0.870. The van der Waals surface area contributed by atoms with Crippen LogP contribution in [0.15, 0.2) is 12.2 Å². The number of carbonyl (C=O) groups is 1. The molecule has 2 unspecified atom stereocenters. The molecule has 0 fully saturated rings. The van der Waals surface area contributed by atoms with Crippen molar-refractivity contribution in [2.45, 2.75) is 32.2 Å². The van der Waals surface area contributed by atoms with Gasteiger partial charge in [-0.2, -0.15) is 0 Å². The van der Waals surface area contributed by atoms with Crippen LogP contribution < -0.4 is 5.32 Å². The van der Waals surface area contributed by atoms with Crippen molar-refractivity contribution in [3.8, 4) is 0 Å². The van der Waals surface area contributed by atoms with Gasteiger partial charge in [-0.3, -0.25) is 4.79 Å². The number of ether oxygens (including phenoxy) is 1. The monoisotopic (exact) mass is 254 g/mol. The van der Waals surface area contributed by atoms with E-state index in [0.717, 1.165) is 32.4 Å². The number of esters is 1. The number of nitrogens with one attached hydrogen (secondary N) is 1. The molecule has 4 heteroatoms. The number of hydrogen-bond donors (Lipinski definition) is 1. The molecule has 0 heterocycles. The van der Waals surface area contributed by atoms with Gasteiger partial charge in [0.1, 0.15) is 6.04 Å². The minimum absolute atomic E-state index is 0.100. The zero-order valence-electron chi connectivity index (χ0n) is 11.8. The van der Waals surface area contributed by atoms with Gasteiger partial charge < -0.3 is 15.0 Å². The standard InChI is InChI=1S/C14H26N2O2/c1-4-18-14(17)13(15-10-11-16(2)3)12-8-6-5-7-9-12/h5-6,12-13,15H,4,7-11H2,1-3H3. The number of allylic oxidation sites excluding steroid dienone is 2. The van der Waals surface area contributed by atoms with Crippen LogP contribution in [0.25, 0.3) is 0 Å². The first kappa shape index (κ1) is 15.2. The zero-order valence-corrected chi connectivity index (χ0v) is 11.8. The second-order valence-electron chi connectivity index (χ2n) is 5.03. The van der Waals surface area contributed by atoms with Crippen molar-refractivity contribution in [1.29, 1.82) is 0 Å². The number of likely N-dealkylation sites (N-methyl/N-ethyl adjacent to an activating group) is 1. The normalized spacial score (nSPS) is 21.0. The first-order valence-electron chi connectivity index (χ1n) is 6.85. The minimum Gasteiger partial charge on any atom is -0.465 e. The summed E-state index contributed by atoms with van der Waals surface area (Å²) < 4.78 is 5.18. The summed E-state index contributed by atoms with van der Waals surface area (Å²) in [6.45, 7) is 4.05. The van der Waals surface area contributed by atoms with Crippen molar-refractivity contribution in [3.63, 3.8) is 0 Å². The molecular weight excluding hydrogens is 228 g/mol. The summed E-state index contributed by atoms with van der Waals surface area (Å²) in [6, 6.07) is -0.158. The van der Waals surface area contributed by atoms with Crippen molar-refractivity contribution in [2.75, 3.05) is 33.8 Å². The van der Waals surface area contributed by atoms with Crippen LogP contribution in [0.4, 0.5) is 0 Å². The van der Waals surface area contributed by atoms with Crippen LogP contribution >= 0.6 is 0 Å². The average molecular weight is 254 g/mol. The summed E-state index contributed by atoms with van der Waals surface area (Å²) in [5.41, 5.74) is 0. The molecule has 0 saturated heterocycles. The Kier molecular flexibility index (Phi) is 6.98. The number of nitrogens with zero attached hydrogens (tertiary/aromatic N) is 1. The molecule has 0 aromatic rings. The highest BCUT2D eigenvalue weighted by atomic mass is 16.5. The van der Waals surface area contributed by atoms with Crippen molar-refractivity contribution in [1.82, 2.24) is 10.2 Å². The van der Waals surface area contributed by atoms with E-state index >= 15 is 0 Å². The van der Waals surface area contributed by atoms with Crippen molar-refractivity contribution in [2.24, 2.45) is 5.92 Å². The molecule has 1 aliphatic rings. The van der Waals surface area contributed by atoms with Crippen LogP contribution in [-0.4, -0.2) is 50.7 Å². The maximum atomic E-state index is 12.0. The third-order valence-corrected chi connectivity index (χ3v) is 3.24. The lowest BCUT2D eigenvalue weighted by atomic mass is 9.87. The van der Waals surface area contributed by atoms with Gasteiger partial charge in [0.2, 0.25) is 0 Å². The fourth-order valence-electron chi connectivity index (χ4n) is 2.24. The minimum atomic E-state index is -0.158. The Morgan fingerprint density at radius 1 is 1.50 bits per heavy atom. The van der Waals surface area contributed by atoms with Gasteiger partial charge in [0, 0.05) is 13.1 Å². The highest BCUT2D eigenvalue weighted by Crippen LogP contribution is 2.22. The van der Waals surface area contributed by atoms with Gasteiger partial charge in [0.15, 0.2) is 0 Å². The molecule has 1 N–H and O–H groups in total. The van der Waals surface area contributed by atoms with Gasteiger partial charge in [-0.05, 0) is 46.2 Å². The van der Waals surface area contributed by atoms with E-state index in [2.05, 4.69) is 22.4 Å². The summed E-state index contributed by atoms with van der Waals surface area (Å²) in [5.74, 6) is 0.271. The van der Waals surface area contributed by atoms with E-state index in [-0.39, 0.29) is 12.0 Å². The SMILES string of the molecule is CCOC(=O)C(NCCN(C)C)C1CC=CCC1. The third-order valence-electron chi connectivity index (χ3n) is 3.24. The zero-order chi connectivity index (χ0) is 13.4. The molecule has 104 valence electrons. The Morgan fingerprint density at radius 2 is 2.28 bits per heavy atom. The Bertz CT molecular complexity index is 277. The number of hydrogen-bond acceptors (Lipinski definition) is 4. The van der Waals surface area contributed by atoms with Crippen LogP contribution in [0.3, 0.4) is 0 Å². The molecule has 0 saturated carbocycles. The molecule has 0 amide bonds. The van der Waals surface area contributed by atoms with Crippen LogP contribution in [0.1, 0.15) is 26.2 Å². The summed E-state index contributed by atoms with van der Waals surface area (Å²) in [6.07, 6.45) is 7.47. The molecule has 0 aliphatic heterocycles. The second-order valence-corrected chi connectivity index (χ2v) is 5.03. The summed E-state index contributed by atoms with van der Waals surface area (Å²) >= 11 is 0. The Morgan fingerprint density at radius 3 is 2.83 bits per heavy atom. The predicted molar refractivity (Wildman–Crippen MR) is 73.5 cm³/mol.